The maximum absolute atomic E-state index is 12.7. The molecule has 0 fully saturated rings. The van der Waals surface area contributed by atoms with Crippen LogP contribution < -0.4 is 0 Å². The number of carbonyl (C=O) groups is 1. The largest absolute Gasteiger partial charge is 0.460 e. The van der Waals surface area contributed by atoms with Crippen LogP contribution in [0.5, 0.6) is 0 Å². The summed E-state index contributed by atoms with van der Waals surface area (Å²) in [6.45, 7) is 0. The summed E-state index contributed by atoms with van der Waals surface area (Å²) in [5.74, 6) is -37.2. The van der Waals surface area contributed by atoms with Gasteiger partial charge in [-0.25, -0.2) is 0 Å². The molecular formula is C8H5F13O2. The van der Waals surface area contributed by atoms with E-state index >= 15 is 0 Å². The zero-order valence-electron chi connectivity index (χ0n) is 10.1. The lowest BCUT2D eigenvalue weighted by molar-refractivity contribution is -0.439. The lowest BCUT2D eigenvalue weighted by Crippen LogP contribution is -2.70. The second-order valence-corrected chi connectivity index (χ2v) is 3.87. The Morgan fingerprint density at radius 3 is 1.13 bits per heavy atom. The third-order valence-electron chi connectivity index (χ3n) is 2.34. The smallest absolute Gasteiger partial charge is 0.412 e. The van der Waals surface area contributed by atoms with E-state index in [-0.39, 0.29) is 5.48 Å². The van der Waals surface area contributed by atoms with Crippen molar-refractivity contribution in [1.82, 2.24) is 0 Å². The Bertz CT molecular complexity index is 424. The van der Waals surface area contributed by atoms with Crippen LogP contribution in [0.2, 0.25) is 0 Å². The van der Waals surface area contributed by atoms with Crippen molar-refractivity contribution >= 4 is 6.29 Å². The summed E-state index contributed by atoms with van der Waals surface area (Å²) in [7, 11) is 0. The van der Waals surface area contributed by atoms with Gasteiger partial charge in [0.2, 0.25) is 0 Å². The normalized spacial score (nSPS) is 15.2. The Kier molecular flexibility index (Phi) is 6.23. The van der Waals surface area contributed by atoms with Gasteiger partial charge in [-0.05, 0) is 0 Å². The molecule has 0 spiro atoms. The Balaban J connectivity index is 0. The van der Waals surface area contributed by atoms with E-state index in [0.29, 0.717) is 0 Å². The molecule has 0 unspecified atom stereocenters. The van der Waals surface area contributed by atoms with Crippen molar-refractivity contribution in [3.05, 3.63) is 0 Å². The summed E-state index contributed by atoms with van der Waals surface area (Å²) in [6.07, 6.45) is -11.4. The lowest BCUT2D eigenvalue weighted by Gasteiger charge is -2.39. The average Bonchev–Trinajstić information content (AvgIpc) is 2.26. The molecule has 0 aromatic heterocycles. The molecule has 0 rings (SSSR count). The van der Waals surface area contributed by atoms with Gasteiger partial charge in [0, 0.05) is 0 Å². The molecule has 0 saturated heterocycles. The van der Waals surface area contributed by atoms with E-state index in [2.05, 4.69) is 0 Å². The molecule has 0 aliphatic carbocycles. The average molecular weight is 380 g/mol. The molecule has 0 saturated carbocycles. The van der Waals surface area contributed by atoms with Crippen LogP contribution in [-0.4, -0.2) is 47.6 Å². The number of hydrogen-bond acceptors (Lipinski definition) is 1. The molecule has 0 aliphatic rings. The molecular weight excluding hydrogens is 375 g/mol. The van der Waals surface area contributed by atoms with Crippen LogP contribution in [0.1, 0.15) is 6.42 Å². The number of rotatable bonds is 6. The van der Waals surface area contributed by atoms with E-state index in [0.717, 1.165) is 0 Å². The maximum Gasteiger partial charge on any atom is 0.460 e. The number of aldehydes is 1. The monoisotopic (exact) mass is 380 g/mol. The summed E-state index contributed by atoms with van der Waals surface area (Å²) in [5.41, 5.74) is 0. The fraction of sp³-hybridized carbons (Fsp3) is 0.875. The first-order chi connectivity index (χ1) is 9.31. The van der Waals surface area contributed by atoms with Gasteiger partial charge in [-0.1, -0.05) is 0 Å². The molecule has 0 bridgehead atoms. The fourth-order valence-electron chi connectivity index (χ4n) is 1.03. The summed E-state index contributed by atoms with van der Waals surface area (Å²) in [5, 5.41) is 0. The van der Waals surface area contributed by atoms with Crippen molar-refractivity contribution < 1.29 is 67.3 Å². The van der Waals surface area contributed by atoms with Gasteiger partial charge in [0.25, 0.3) is 0 Å². The van der Waals surface area contributed by atoms with E-state index in [1.807, 2.05) is 0 Å². The van der Waals surface area contributed by atoms with Gasteiger partial charge in [-0.15, -0.1) is 0 Å². The van der Waals surface area contributed by atoms with Crippen LogP contribution >= 0.6 is 0 Å². The molecule has 0 amide bonds. The van der Waals surface area contributed by atoms with E-state index in [1.165, 1.54) is 0 Å². The topological polar surface area (TPSA) is 48.6 Å². The molecule has 140 valence electrons. The highest BCUT2D eigenvalue weighted by Gasteiger charge is 2.90. The van der Waals surface area contributed by atoms with Gasteiger partial charge in [0.05, 0.1) is 6.42 Å². The standard InChI is InChI=1S/C8H3F13O.H2O/c9-3(10,1-2-22)4(11,12)5(13,14)6(15,16)7(17,18)8(19,20)21;/h2H,1H2;1H2. The molecule has 0 aliphatic heterocycles. The SMILES string of the molecule is O.O=CCC(F)(F)C(F)(F)C(F)(F)C(F)(F)C(F)(F)C(F)(F)F. The van der Waals surface area contributed by atoms with Crippen LogP contribution in [0, 0.1) is 0 Å². The number of hydrogen-bond donors (Lipinski definition) is 0. The minimum atomic E-state index is -7.92. The van der Waals surface area contributed by atoms with E-state index in [1.54, 1.807) is 0 Å². The lowest BCUT2D eigenvalue weighted by atomic mass is 9.93. The van der Waals surface area contributed by atoms with Crippen molar-refractivity contribution in [1.29, 1.82) is 0 Å². The van der Waals surface area contributed by atoms with Crippen molar-refractivity contribution in [2.75, 3.05) is 0 Å². The molecule has 2 N–H and O–H groups in total. The quantitative estimate of drug-likeness (QED) is 0.514. The van der Waals surface area contributed by atoms with Crippen molar-refractivity contribution in [2.45, 2.75) is 42.2 Å². The van der Waals surface area contributed by atoms with Gasteiger partial charge in [-0.3, -0.25) is 0 Å². The minimum Gasteiger partial charge on any atom is -0.412 e. The van der Waals surface area contributed by atoms with Crippen LogP contribution in [0.3, 0.4) is 0 Å². The summed E-state index contributed by atoms with van der Waals surface area (Å²) in [6, 6.07) is 0. The van der Waals surface area contributed by atoms with Crippen molar-refractivity contribution in [2.24, 2.45) is 0 Å². The van der Waals surface area contributed by atoms with E-state index in [4.69, 9.17) is 0 Å². The summed E-state index contributed by atoms with van der Waals surface area (Å²) >= 11 is 0. The van der Waals surface area contributed by atoms with Gasteiger partial charge >= 0.3 is 35.8 Å². The van der Waals surface area contributed by atoms with Crippen LogP contribution in [0.4, 0.5) is 57.1 Å². The molecule has 0 heterocycles. The molecule has 23 heavy (non-hydrogen) atoms. The van der Waals surface area contributed by atoms with Crippen LogP contribution in [-0.2, 0) is 4.79 Å². The van der Waals surface area contributed by atoms with Crippen molar-refractivity contribution in [3.63, 3.8) is 0 Å². The first-order valence-electron chi connectivity index (χ1n) is 4.70. The highest BCUT2D eigenvalue weighted by atomic mass is 19.4. The van der Waals surface area contributed by atoms with Crippen LogP contribution in [0.15, 0.2) is 0 Å². The minimum absolute atomic E-state index is 0. The Labute approximate surface area is 117 Å². The Morgan fingerprint density at radius 2 is 0.870 bits per heavy atom. The highest BCUT2D eigenvalue weighted by molar-refractivity contribution is 5.51. The molecule has 0 aromatic carbocycles. The van der Waals surface area contributed by atoms with Crippen molar-refractivity contribution in [3.8, 4) is 0 Å². The molecule has 0 atom stereocenters. The van der Waals surface area contributed by atoms with Gasteiger partial charge in [-0.2, -0.15) is 57.1 Å². The molecule has 0 radical (unpaired) electrons. The highest BCUT2D eigenvalue weighted by Crippen LogP contribution is 2.60. The zero-order chi connectivity index (χ0) is 18.4. The predicted molar refractivity (Wildman–Crippen MR) is 45.1 cm³/mol. The molecule has 15 heteroatoms. The maximum atomic E-state index is 12.7. The summed E-state index contributed by atoms with van der Waals surface area (Å²) < 4.78 is 161. The molecule has 2 nitrogen and oxygen atoms in total. The Morgan fingerprint density at radius 1 is 0.565 bits per heavy atom. The van der Waals surface area contributed by atoms with Gasteiger partial charge in [0.1, 0.15) is 6.29 Å². The second kappa shape index (κ2) is 5.98. The predicted octanol–water partition coefficient (Wildman–Crippen LogP) is 3.49. The van der Waals surface area contributed by atoms with E-state index < -0.39 is 48.5 Å². The number of halogens is 13. The number of alkyl halides is 13. The van der Waals surface area contributed by atoms with Crippen LogP contribution in [0.25, 0.3) is 0 Å². The number of carbonyl (C=O) groups excluding carboxylic acids is 1. The fourth-order valence-corrected chi connectivity index (χ4v) is 1.03. The Hall–Kier alpha value is -1.28. The zero-order valence-corrected chi connectivity index (χ0v) is 10.1. The first-order valence-corrected chi connectivity index (χ1v) is 4.70. The van der Waals surface area contributed by atoms with E-state index in [9.17, 15) is 61.9 Å². The molecule has 0 aromatic rings. The third kappa shape index (κ3) is 3.19. The van der Waals surface area contributed by atoms with Gasteiger partial charge in [0.15, 0.2) is 0 Å². The van der Waals surface area contributed by atoms with Gasteiger partial charge < -0.3 is 10.3 Å². The summed E-state index contributed by atoms with van der Waals surface area (Å²) in [4.78, 5) is 9.63. The second-order valence-electron chi connectivity index (χ2n) is 3.87. The first kappa shape index (κ1) is 24.0. The third-order valence-corrected chi connectivity index (χ3v) is 2.34.